The van der Waals surface area contributed by atoms with Crippen molar-refractivity contribution in [1.29, 1.82) is 0 Å². The van der Waals surface area contributed by atoms with Crippen LogP contribution in [0.5, 0.6) is 0 Å². The molecule has 5 aliphatic heterocycles. The Kier molecular flexibility index (Phi) is 12.6. The molecule has 9 rings (SSSR count). The molecule has 18 heteroatoms. The van der Waals surface area contributed by atoms with Crippen LogP contribution in [-0.2, 0) is 57.4 Å². The van der Waals surface area contributed by atoms with E-state index in [0.29, 0.717) is 55.7 Å². The molecule has 6 heterocycles. The third kappa shape index (κ3) is 6.97. The van der Waals surface area contributed by atoms with Crippen molar-refractivity contribution in [3.63, 3.8) is 0 Å². The number of esters is 2. The summed E-state index contributed by atoms with van der Waals surface area (Å²) in [5, 5.41) is 69.3. The van der Waals surface area contributed by atoms with Gasteiger partial charge in [0.2, 0.25) is 5.60 Å². The Bertz CT molecular complexity index is 2560. The van der Waals surface area contributed by atoms with Crippen LogP contribution in [0.15, 0.2) is 60.2 Å². The lowest BCUT2D eigenvalue weighted by Crippen LogP contribution is -2.81. The number of nitrogens with zero attached hydrogens (tertiary/aromatic N) is 3. The molecule has 1 saturated carbocycles. The van der Waals surface area contributed by atoms with Gasteiger partial charge in [-0.1, -0.05) is 61.9 Å². The highest BCUT2D eigenvalue weighted by Crippen LogP contribution is 2.68. The number of methoxy groups -OCH3 is 1. The number of nitrogens with one attached hydrogen (secondary N) is 1. The van der Waals surface area contributed by atoms with Crippen molar-refractivity contribution < 1.29 is 69.2 Å². The van der Waals surface area contributed by atoms with Gasteiger partial charge in [-0.25, -0.2) is 14.4 Å². The molecule has 1 aliphatic carbocycles. The lowest BCUT2D eigenvalue weighted by atomic mass is 9.47. The number of benzene rings is 2. The van der Waals surface area contributed by atoms with Gasteiger partial charge in [-0.2, -0.15) is 0 Å². The summed E-state index contributed by atoms with van der Waals surface area (Å²) in [5.41, 5.74) is 1.00. The quantitative estimate of drug-likeness (QED) is 0.100. The molecular weight excluding hydrogens is 869 g/mol. The van der Waals surface area contributed by atoms with Crippen LogP contribution < -0.4 is 4.90 Å². The zero-order valence-corrected chi connectivity index (χ0v) is 38.3. The Morgan fingerprint density at radius 1 is 0.970 bits per heavy atom. The Labute approximate surface area is 387 Å². The van der Waals surface area contributed by atoms with Crippen LogP contribution in [0.3, 0.4) is 0 Å². The summed E-state index contributed by atoms with van der Waals surface area (Å²) in [5.74, 6) is -5.43. The summed E-state index contributed by atoms with van der Waals surface area (Å²) >= 11 is 0. The molecule has 67 heavy (non-hydrogen) atoms. The lowest BCUT2D eigenvalue weighted by Gasteiger charge is -2.63. The van der Waals surface area contributed by atoms with E-state index in [1.165, 1.54) is 19.6 Å². The number of aliphatic hydroxyl groups excluding tert-OH is 4. The molecule has 1 spiro atoms. The Morgan fingerprint density at radius 3 is 2.28 bits per heavy atom. The molecule has 1 aromatic heterocycles. The van der Waals surface area contributed by atoms with Gasteiger partial charge in [0, 0.05) is 79.3 Å². The second-order valence-corrected chi connectivity index (χ2v) is 18.9. The van der Waals surface area contributed by atoms with Crippen molar-refractivity contribution in [1.82, 2.24) is 14.8 Å². The number of carbonyl (C=O) groups is 5. The van der Waals surface area contributed by atoms with E-state index in [-0.39, 0.29) is 17.7 Å². The number of fused-ring (bicyclic) bond motifs is 6. The van der Waals surface area contributed by atoms with Crippen molar-refractivity contribution >= 4 is 46.3 Å². The number of anilines is 1. The number of ketones is 1. The lowest BCUT2D eigenvalue weighted by molar-refractivity contribution is -0.228. The predicted octanol–water partition coefficient (Wildman–Crippen LogP) is 1.50. The molecule has 18 nitrogen and oxygen atoms in total. The van der Waals surface area contributed by atoms with E-state index < -0.39 is 83.3 Å². The molecule has 3 unspecified atom stereocenters. The fourth-order valence-electron chi connectivity index (χ4n) is 13.3. The first-order valence-corrected chi connectivity index (χ1v) is 22.7. The Hall–Kier alpha value is -5.47. The average Bonchev–Trinajstić information content (AvgIpc) is 3.97. The monoisotopic (exact) mass is 928 g/mol. The third-order valence-corrected chi connectivity index (χ3v) is 15.7. The number of aliphatic hydroxyl groups is 5. The van der Waals surface area contributed by atoms with Crippen LogP contribution in [-0.4, -0.2) is 163 Å². The maximum Gasteiger partial charge on any atom is 0.344 e. The highest BCUT2D eigenvalue weighted by molar-refractivity contribution is 5.98. The first-order valence-electron chi connectivity index (χ1n) is 22.7. The number of likely N-dealkylation sites (N-methyl/N-ethyl adjacent to an activating group) is 1. The summed E-state index contributed by atoms with van der Waals surface area (Å²) in [7, 11) is 3.08. The van der Waals surface area contributed by atoms with Gasteiger partial charge < -0.3 is 55.1 Å². The molecule has 2 fully saturated rings. The number of H-pyrrole nitrogens is 1. The van der Waals surface area contributed by atoms with E-state index in [2.05, 4.69) is 39.9 Å². The minimum atomic E-state index is -2.31. The van der Waals surface area contributed by atoms with Gasteiger partial charge in [0.05, 0.1) is 25.2 Å². The van der Waals surface area contributed by atoms with Crippen LogP contribution in [0.4, 0.5) is 5.69 Å². The maximum atomic E-state index is 15.1. The average molecular weight is 929 g/mol. The summed E-state index contributed by atoms with van der Waals surface area (Å²) in [6.07, 6.45) is 2.84. The molecule has 360 valence electrons. The number of ether oxygens (including phenoxy) is 2. The van der Waals surface area contributed by atoms with E-state index in [1.54, 1.807) is 0 Å². The number of carboxylic acids is 2. The molecule has 1 saturated heterocycles. The fraction of sp³-hybridized carbons (Fsp3) is 0.531. The molecule has 0 radical (unpaired) electrons. The van der Waals surface area contributed by atoms with E-state index in [1.807, 2.05) is 55.3 Å². The third-order valence-electron chi connectivity index (χ3n) is 15.7. The minimum Gasteiger partial charge on any atom is -0.479 e. The zero-order valence-electron chi connectivity index (χ0n) is 38.3. The van der Waals surface area contributed by atoms with Gasteiger partial charge in [-0.3, -0.25) is 19.4 Å². The number of rotatable bonds is 11. The van der Waals surface area contributed by atoms with E-state index >= 15 is 4.79 Å². The number of hydrogen-bond acceptors (Lipinski definition) is 15. The first kappa shape index (κ1) is 48.0. The van der Waals surface area contributed by atoms with Crippen molar-refractivity contribution in [2.75, 3.05) is 51.8 Å². The van der Waals surface area contributed by atoms with Crippen molar-refractivity contribution in [2.24, 2.45) is 11.3 Å². The van der Waals surface area contributed by atoms with Gasteiger partial charge in [0.1, 0.15) is 6.61 Å². The number of aromatic nitrogens is 1. The largest absolute Gasteiger partial charge is 0.479 e. The summed E-state index contributed by atoms with van der Waals surface area (Å²) in [6.45, 7) is 7.82. The second kappa shape index (κ2) is 17.6. The molecule has 2 aromatic carbocycles. The molecule has 3 aromatic rings. The summed E-state index contributed by atoms with van der Waals surface area (Å²) in [6, 6.07) is 10.8. The number of carbonyl (C=O) groups excluding carboxylic acids is 3. The van der Waals surface area contributed by atoms with Crippen LogP contribution in [0.1, 0.15) is 74.4 Å². The summed E-state index contributed by atoms with van der Waals surface area (Å²) in [4.78, 5) is 72.4. The molecule has 8 N–H and O–H groups in total. The Balaban J connectivity index is 0.000000547. The first-order chi connectivity index (χ1) is 31.8. The normalized spacial score (nSPS) is 32.2. The molecule has 2 bridgehead atoms. The molecule has 6 aliphatic rings. The second-order valence-electron chi connectivity index (χ2n) is 18.9. The van der Waals surface area contributed by atoms with Crippen LogP contribution in [0.2, 0.25) is 0 Å². The number of para-hydroxylation sites is 1. The van der Waals surface area contributed by atoms with Gasteiger partial charge in [-0.05, 0) is 72.5 Å². The maximum absolute atomic E-state index is 15.1. The van der Waals surface area contributed by atoms with Gasteiger partial charge in [0.15, 0.2) is 24.1 Å². The highest BCUT2D eigenvalue weighted by atomic mass is 16.6. The minimum absolute atomic E-state index is 0.0288. The SMILES string of the molecule is CCC1=C[C@@H]2CN(C1)Cc1c([nH]c3ccccc13)[C@@](C(=O)CO)(c1cc3c(cc1CO)N(C)[C@H]1[C@@](O)(C(=O)OC)[C@H](OC(C)=O)[C@]4(CC)C=CCN5CC[C@]31[C@@H]54)C2.O=C(O)C(O)C(O)C(=O)O. The van der Waals surface area contributed by atoms with Gasteiger partial charge in [-0.15, -0.1) is 0 Å². The van der Waals surface area contributed by atoms with Crippen molar-refractivity contribution in [3.05, 3.63) is 88.1 Å². The van der Waals surface area contributed by atoms with E-state index in [0.717, 1.165) is 47.2 Å². The number of aliphatic carboxylic acids is 2. The number of hydrogen-bond donors (Lipinski definition) is 8. The smallest absolute Gasteiger partial charge is 0.344 e. The standard InChI is InChI=1S/C45H54N4O8.C4H6O6/c1-6-27-17-28-20-44(36(53)25-51,37-31(23-48(21-27)22-28)30-11-8-9-12-34(30)46-37)32-19-33-35(18-29(32)24-50)47(4)39-43(33)14-16-49-15-10-13-42(7-2,38(43)49)40(57-26(3)52)45(39,55)41(54)56-5;5-1(3(7)8)2(6)4(9)10/h8-13,17-19,28,38-40,46,50-51,55H,6-7,14-16,20-25H2,1-5H3;1-2,5-6H,(H,7,8)(H,9,10)/t28-,38-,39+,40+,42+,43+,44+,45-;/m0./s1. The van der Waals surface area contributed by atoms with Gasteiger partial charge >= 0.3 is 23.9 Å². The van der Waals surface area contributed by atoms with Gasteiger partial charge in [0.25, 0.3) is 0 Å². The van der Waals surface area contributed by atoms with Crippen LogP contribution in [0, 0.1) is 11.3 Å². The van der Waals surface area contributed by atoms with Crippen molar-refractivity contribution in [3.8, 4) is 0 Å². The van der Waals surface area contributed by atoms with E-state index in [4.69, 9.17) is 29.9 Å². The number of aromatic amines is 1. The van der Waals surface area contributed by atoms with Crippen molar-refractivity contribution in [2.45, 2.75) is 106 Å². The molecular formula is C49H60N4O14. The summed E-state index contributed by atoms with van der Waals surface area (Å²) < 4.78 is 11.6. The highest BCUT2D eigenvalue weighted by Gasteiger charge is 2.80. The number of carboxylic acid groups (broad SMARTS) is 2. The predicted molar refractivity (Wildman–Crippen MR) is 241 cm³/mol. The zero-order chi connectivity index (χ0) is 48.5. The Morgan fingerprint density at radius 2 is 1.67 bits per heavy atom. The fourth-order valence-corrected chi connectivity index (χ4v) is 13.3. The van der Waals surface area contributed by atoms with Crippen LogP contribution >= 0.6 is 0 Å². The number of Topliss-reactive ketones (excluding diaryl/α,β-unsaturated/α-hetero) is 1. The topological polar surface area (TPSA) is 271 Å². The van der Waals surface area contributed by atoms with Crippen LogP contribution in [0.25, 0.3) is 10.9 Å². The molecule has 0 amide bonds. The molecule has 11 atom stereocenters. The van der Waals surface area contributed by atoms with E-state index in [9.17, 15) is 34.5 Å².